The molecule has 1 atom stereocenters. The van der Waals surface area contributed by atoms with Crippen LogP contribution in [0.3, 0.4) is 0 Å². The van der Waals surface area contributed by atoms with Crippen LogP contribution in [0.5, 0.6) is 0 Å². The maximum Gasteiger partial charge on any atom is 0.261 e. The summed E-state index contributed by atoms with van der Waals surface area (Å²) in [4.78, 5) is 11.2. The van der Waals surface area contributed by atoms with Gasteiger partial charge in [-0.3, -0.25) is 14.7 Å². The summed E-state index contributed by atoms with van der Waals surface area (Å²) >= 11 is 5.78. The Bertz CT molecular complexity index is 836. The van der Waals surface area contributed by atoms with Crippen molar-refractivity contribution in [2.45, 2.75) is 31.1 Å². The average Bonchev–Trinajstić information content (AvgIpc) is 2.61. The fourth-order valence-corrected chi connectivity index (χ4v) is 3.66. The predicted molar refractivity (Wildman–Crippen MR) is 101 cm³/mol. The minimum absolute atomic E-state index is 0.141. The number of amides is 1. The number of sulfonamides is 1. The standard InChI is InChI=1S/C18H21ClN2O4S/c1-13(2-11-18(22)20-23)12-14-3-7-16(8-4-14)21-26(24,25)17-9-5-15(19)6-10-17/h3-10,13,21,23H,2,11-12H2,1H3,(H,20,22). The third-order valence-corrected chi connectivity index (χ3v) is 5.55. The van der Waals surface area contributed by atoms with Crippen molar-refractivity contribution in [2.75, 3.05) is 4.72 Å². The van der Waals surface area contributed by atoms with Crippen molar-refractivity contribution in [1.82, 2.24) is 5.48 Å². The lowest BCUT2D eigenvalue weighted by molar-refractivity contribution is -0.129. The summed E-state index contributed by atoms with van der Waals surface area (Å²) < 4.78 is 27.2. The molecule has 0 aliphatic rings. The monoisotopic (exact) mass is 396 g/mol. The molecule has 0 radical (unpaired) electrons. The molecule has 26 heavy (non-hydrogen) atoms. The van der Waals surface area contributed by atoms with Gasteiger partial charge >= 0.3 is 0 Å². The van der Waals surface area contributed by atoms with Crippen molar-refractivity contribution < 1.29 is 18.4 Å². The van der Waals surface area contributed by atoms with Gasteiger partial charge in [0.2, 0.25) is 5.91 Å². The molecule has 0 saturated heterocycles. The highest BCUT2D eigenvalue weighted by Crippen LogP contribution is 2.20. The molecular formula is C18H21ClN2O4S. The molecule has 2 aromatic rings. The van der Waals surface area contributed by atoms with Crippen LogP contribution in [0.2, 0.25) is 5.02 Å². The first-order valence-corrected chi connectivity index (χ1v) is 9.96. The fourth-order valence-electron chi connectivity index (χ4n) is 2.47. The Hall–Kier alpha value is -2.09. The molecule has 0 bridgehead atoms. The summed E-state index contributed by atoms with van der Waals surface area (Å²) in [6.07, 6.45) is 1.66. The number of carbonyl (C=O) groups is 1. The summed E-state index contributed by atoms with van der Waals surface area (Å²) in [5.74, 6) is -0.146. The van der Waals surface area contributed by atoms with Gasteiger partial charge in [-0.1, -0.05) is 30.7 Å². The van der Waals surface area contributed by atoms with E-state index in [0.717, 1.165) is 12.0 Å². The number of nitrogens with one attached hydrogen (secondary N) is 2. The topological polar surface area (TPSA) is 95.5 Å². The Balaban J connectivity index is 1.96. The van der Waals surface area contributed by atoms with Crippen LogP contribution in [0.25, 0.3) is 0 Å². The van der Waals surface area contributed by atoms with Crippen LogP contribution in [0, 0.1) is 5.92 Å². The van der Waals surface area contributed by atoms with Crippen LogP contribution < -0.4 is 10.2 Å². The predicted octanol–water partition coefficient (Wildman–Crippen LogP) is 3.61. The molecule has 1 amide bonds. The van der Waals surface area contributed by atoms with Gasteiger partial charge in [-0.15, -0.1) is 0 Å². The Labute approximate surface area is 158 Å². The number of halogens is 1. The van der Waals surface area contributed by atoms with Gasteiger partial charge in [-0.2, -0.15) is 0 Å². The van der Waals surface area contributed by atoms with E-state index in [1.54, 1.807) is 17.6 Å². The number of carbonyl (C=O) groups excluding carboxylic acids is 1. The molecule has 0 aliphatic heterocycles. The van der Waals surface area contributed by atoms with Gasteiger partial charge in [0.1, 0.15) is 0 Å². The van der Waals surface area contributed by atoms with Crippen LogP contribution in [0.4, 0.5) is 5.69 Å². The first-order valence-electron chi connectivity index (χ1n) is 8.10. The van der Waals surface area contributed by atoms with Gasteiger partial charge in [0.05, 0.1) is 4.90 Å². The lowest BCUT2D eigenvalue weighted by Gasteiger charge is -2.12. The van der Waals surface area contributed by atoms with E-state index in [0.29, 0.717) is 17.1 Å². The number of hydrogen-bond donors (Lipinski definition) is 3. The third-order valence-electron chi connectivity index (χ3n) is 3.90. The summed E-state index contributed by atoms with van der Waals surface area (Å²) in [6, 6.07) is 13.1. The molecule has 0 aromatic heterocycles. The summed E-state index contributed by atoms with van der Waals surface area (Å²) in [5, 5.41) is 8.97. The Morgan fingerprint density at radius 2 is 1.73 bits per heavy atom. The van der Waals surface area contributed by atoms with E-state index in [9.17, 15) is 13.2 Å². The largest absolute Gasteiger partial charge is 0.289 e. The van der Waals surface area contributed by atoms with E-state index in [2.05, 4.69) is 4.72 Å². The highest BCUT2D eigenvalue weighted by molar-refractivity contribution is 7.92. The molecule has 2 aromatic carbocycles. The van der Waals surface area contributed by atoms with E-state index < -0.39 is 15.9 Å². The SMILES string of the molecule is CC(CCC(=O)NO)Cc1ccc(NS(=O)(=O)c2ccc(Cl)cc2)cc1. The molecule has 0 heterocycles. The zero-order chi connectivity index (χ0) is 19.2. The maximum absolute atomic E-state index is 12.3. The molecule has 0 spiro atoms. The second-order valence-electron chi connectivity index (χ2n) is 6.14. The van der Waals surface area contributed by atoms with Crippen LogP contribution in [-0.4, -0.2) is 19.5 Å². The molecular weight excluding hydrogens is 376 g/mol. The lowest BCUT2D eigenvalue weighted by Crippen LogP contribution is -2.19. The maximum atomic E-state index is 12.3. The number of anilines is 1. The van der Waals surface area contributed by atoms with Crippen molar-refractivity contribution in [3.05, 3.63) is 59.1 Å². The zero-order valence-electron chi connectivity index (χ0n) is 14.3. The van der Waals surface area contributed by atoms with Gasteiger partial charge in [0.15, 0.2) is 0 Å². The number of hydroxylamine groups is 1. The summed E-state index contributed by atoms with van der Waals surface area (Å²) in [6.45, 7) is 2.02. The highest BCUT2D eigenvalue weighted by Gasteiger charge is 2.14. The second-order valence-corrected chi connectivity index (χ2v) is 8.26. The van der Waals surface area contributed by atoms with Crippen LogP contribution in [0.15, 0.2) is 53.4 Å². The molecule has 6 nitrogen and oxygen atoms in total. The van der Waals surface area contributed by atoms with E-state index in [1.807, 2.05) is 19.1 Å². The van der Waals surface area contributed by atoms with Gasteiger partial charge in [-0.05, 0) is 60.7 Å². The van der Waals surface area contributed by atoms with Gasteiger partial charge in [0.25, 0.3) is 10.0 Å². The normalized spacial score (nSPS) is 12.4. The van der Waals surface area contributed by atoms with Crippen LogP contribution in [0.1, 0.15) is 25.3 Å². The molecule has 0 saturated carbocycles. The van der Waals surface area contributed by atoms with Crippen LogP contribution >= 0.6 is 11.6 Å². The number of hydrogen-bond acceptors (Lipinski definition) is 4. The molecule has 8 heteroatoms. The molecule has 3 N–H and O–H groups in total. The number of benzene rings is 2. The van der Waals surface area contributed by atoms with E-state index in [4.69, 9.17) is 16.8 Å². The van der Waals surface area contributed by atoms with E-state index in [1.165, 1.54) is 24.3 Å². The zero-order valence-corrected chi connectivity index (χ0v) is 15.8. The highest BCUT2D eigenvalue weighted by atomic mass is 35.5. The molecule has 1 unspecified atom stereocenters. The van der Waals surface area contributed by atoms with Crippen molar-refractivity contribution in [1.29, 1.82) is 0 Å². The fraction of sp³-hybridized carbons (Fsp3) is 0.278. The molecule has 140 valence electrons. The van der Waals surface area contributed by atoms with Gasteiger partial charge in [0, 0.05) is 17.1 Å². The Morgan fingerprint density at radius 1 is 1.12 bits per heavy atom. The quantitative estimate of drug-likeness (QED) is 0.469. The minimum Gasteiger partial charge on any atom is -0.289 e. The van der Waals surface area contributed by atoms with Gasteiger partial charge in [-0.25, -0.2) is 13.9 Å². The third kappa shape index (κ3) is 6.01. The Kier molecular flexibility index (Phi) is 7.02. The van der Waals surface area contributed by atoms with Crippen molar-refractivity contribution >= 4 is 33.2 Å². The first kappa shape index (κ1) is 20.2. The minimum atomic E-state index is -3.66. The van der Waals surface area contributed by atoms with E-state index >= 15 is 0 Å². The molecule has 0 aliphatic carbocycles. The summed E-state index contributed by atoms with van der Waals surface area (Å²) in [7, 11) is -3.66. The average molecular weight is 397 g/mol. The lowest BCUT2D eigenvalue weighted by atomic mass is 9.96. The van der Waals surface area contributed by atoms with Crippen molar-refractivity contribution in [2.24, 2.45) is 5.92 Å². The van der Waals surface area contributed by atoms with Crippen molar-refractivity contribution in [3.63, 3.8) is 0 Å². The van der Waals surface area contributed by atoms with Crippen molar-refractivity contribution in [3.8, 4) is 0 Å². The summed E-state index contributed by atoms with van der Waals surface area (Å²) in [5.41, 5.74) is 3.13. The smallest absolute Gasteiger partial charge is 0.261 e. The number of rotatable bonds is 8. The van der Waals surface area contributed by atoms with Crippen LogP contribution in [-0.2, 0) is 21.2 Å². The molecule has 2 rings (SSSR count). The second kappa shape index (κ2) is 9.02. The van der Waals surface area contributed by atoms with Gasteiger partial charge < -0.3 is 0 Å². The van der Waals surface area contributed by atoms with E-state index in [-0.39, 0.29) is 17.2 Å². The Morgan fingerprint density at radius 3 is 2.31 bits per heavy atom. The first-order chi connectivity index (χ1) is 12.3. The molecule has 0 fully saturated rings.